The zero-order valence-electron chi connectivity index (χ0n) is 16.6. The van der Waals surface area contributed by atoms with E-state index in [9.17, 15) is 4.79 Å². The topological polar surface area (TPSA) is 108 Å². The monoisotopic (exact) mass is 404 g/mol. The molecule has 0 atom stereocenters. The second kappa shape index (κ2) is 8.56. The van der Waals surface area contributed by atoms with Gasteiger partial charge >= 0.3 is 0 Å². The third-order valence-corrected chi connectivity index (χ3v) is 4.60. The van der Waals surface area contributed by atoms with Gasteiger partial charge in [0.1, 0.15) is 11.4 Å². The molecule has 30 heavy (non-hydrogen) atoms. The molecule has 3 aromatic heterocycles. The van der Waals surface area contributed by atoms with Crippen LogP contribution in [0.2, 0.25) is 0 Å². The summed E-state index contributed by atoms with van der Waals surface area (Å²) in [5.41, 5.74) is 4.26. The minimum Gasteiger partial charge on any atom is -0.497 e. The van der Waals surface area contributed by atoms with E-state index in [0.717, 1.165) is 28.3 Å². The van der Waals surface area contributed by atoms with Crippen molar-refractivity contribution in [2.75, 3.05) is 13.7 Å². The quantitative estimate of drug-likeness (QED) is 0.504. The SMILES string of the molecule is COc1ccc(-c2cc(-c3cccnc3)n(CCNC(=O)c3nonc3C)n2)cc1. The molecule has 3 heterocycles. The average molecular weight is 404 g/mol. The van der Waals surface area contributed by atoms with Gasteiger partial charge in [0.2, 0.25) is 0 Å². The molecule has 152 valence electrons. The van der Waals surface area contributed by atoms with E-state index in [1.54, 1.807) is 26.4 Å². The smallest absolute Gasteiger partial charge is 0.275 e. The van der Waals surface area contributed by atoms with Crippen molar-refractivity contribution in [2.24, 2.45) is 0 Å². The summed E-state index contributed by atoms with van der Waals surface area (Å²) in [6.07, 6.45) is 3.51. The number of carbonyl (C=O) groups is 1. The highest BCUT2D eigenvalue weighted by atomic mass is 16.6. The molecule has 0 aliphatic heterocycles. The molecule has 9 heteroatoms. The highest BCUT2D eigenvalue weighted by Crippen LogP contribution is 2.27. The number of pyridine rings is 1. The molecule has 0 aliphatic carbocycles. The molecule has 1 N–H and O–H groups in total. The lowest BCUT2D eigenvalue weighted by molar-refractivity contribution is 0.0941. The van der Waals surface area contributed by atoms with Crippen LogP contribution in [0, 0.1) is 6.92 Å². The standard InChI is InChI=1S/C21H20N6O3/c1-14-20(26-30-25-14)21(28)23-10-11-27-19(16-4-3-9-22-13-16)12-18(24-27)15-5-7-17(29-2)8-6-15/h3-9,12-13H,10-11H2,1-2H3,(H,23,28). The van der Waals surface area contributed by atoms with Crippen molar-refractivity contribution in [3.8, 4) is 28.3 Å². The molecule has 4 rings (SSSR count). The third-order valence-electron chi connectivity index (χ3n) is 4.60. The number of nitrogens with zero attached hydrogens (tertiary/aromatic N) is 5. The number of hydrogen-bond acceptors (Lipinski definition) is 7. The third kappa shape index (κ3) is 4.04. The number of carbonyl (C=O) groups excluding carboxylic acids is 1. The van der Waals surface area contributed by atoms with Gasteiger partial charge in [-0.25, -0.2) is 4.63 Å². The zero-order valence-corrected chi connectivity index (χ0v) is 16.6. The summed E-state index contributed by atoms with van der Waals surface area (Å²) in [6, 6.07) is 13.6. The molecule has 0 saturated heterocycles. The number of methoxy groups -OCH3 is 1. The van der Waals surface area contributed by atoms with Crippen LogP contribution >= 0.6 is 0 Å². The van der Waals surface area contributed by atoms with Crippen LogP contribution in [0.3, 0.4) is 0 Å². The van der Waals surface area contributed by atoms with Gasteiger partial charge in [0.05, 0.1) is 25.0 Å². The van der Waals surface area contributed by atoms with Crippen LogP contribution in [-0.4, -0.2) is 44.6 Å². The summed E-state index contributed by atoms with van der Waals surface area (Å²) in [5.74, 6) is 0.449. The van der Waals surface area contributed by atoms with Gasteiger partial charge in [-0.2, -0.15) is 5.10 Å². The lowest BCUT2D eigenvalue weighted by atomic mass is 10.1. The van der Waals surface area contributed by atoms with Crippen LogP contribution in [0.25, 0.3) is 22.5 Å². The summed E-state index contributed by atoms with van der Waals surface area (Å²) < 4.78 is 11.7. The predicted molar refractivity (Wildman–Crippen MR) is 109 cm³/mol. The molecule has 0 spiro atoms. The largest absolute Gasteiger partial charge is 0.497 e. The van der Waals surface area contributed by atoms with Crippen LogP contribution in [0.15, 0.2) is 59.5 Å². The summed E-state index contributed by atoms with van der Waals surface area (Å²) in [5, 5.41) is 14.8. The molecule has 4 aromatic rings. The molecular weight excluding hydrogens is 384 g/mol. The number of aryl methyl sites for hydroxylation is 1. The first-order valence-corrected chi connectivity index (χ1v) is 9.35. The fourth-order valence-electron chi connectivity index (χ4n) is 3.03. The average Bonchev–Trinajstić information content (AvgIpc) is 3.41. The van der Waals surface area contributed by atoms with E-state index in [-0.39, 0.29) is 11.6 Å². The van der Waals surface area contributed by atoms with Crippen molar-refractivity contribution >= 4 is 5.91 Å². The Labute approximate surface area is 172 Å². The highest BCUT2D eigenvalue weighted by Gasteiger charge is 2.16. The van der Waals surface area contributed by atoms with Crippen molar-refractivity contribution in [1.29, 1.82) is 0 Å². The Morgan fingerprint density at radius 1 is 1.17 bits per heavy atom. The fraction of sp³-hybridized carbons (Fsp3) is 0.190. The lowest BCUT2D eigenvalue weighted by Crippen LogP contribution is -2.28. The van der Waals surface area contributed by atoms with Crippen molar-refractivity contribution in [3.05, 3.63) is 66.2 Å². The van der Waals surface area contributed by atoms with Gasteiger partial charge in [0.15, 0.2) is 5.69 Å². The molecule has 0 saturated carbocycles. The van der Waals surface area contributed by atoms with Gasteiger partial charge in [-0.3, -0.25) is 14.5 Å². The summed E-state index contributed by atoms with van der Waals surface area (Å²) >= 11 is 0. The second-order valence-corrected chi connectivity index (χ2v) is 6.56. The van der Waals surface area contributed by atoms with E-state index in [4.69, 9.17) is 9.84 Å². The number of hydrogen-bond donors (Lipinski definition) is 1. The first kappa shape index (κ1) is 19.3. The molecule has 9 nitrogen and oxygen atoms in total. The van der Waals surface area contributed by atoms with Crippen LogP contribution in [0.4, 0.5) is 0 Å². The Morgan fingerprint density at radius 3 is 2.67 bits per heavy atom. The minimum absolute atomic E-state index is 0.182. The van der Waals surface area contributed by atoms with E-state index in [2.05, 4.69) is 25.2 Å². The molecule has 0 fully saturated rings. The lowest BCUT2D eigenvalue weighted by Gasteiger charge is -2.08. The highest BCUT2D eigenvalue weighted by molar-refractivity contribution is 5.92. The summed E-state index contributed by atoms with van der Waals surface area (Å²) in [4.78, 5) is 16.4. The fourth-order valence-corrected chi connectivity index (χ4v) is 3.03. The Balaban J connectivity index is 1.56. The van der Waals surface area contributed by atoms with E-state index in [0.29, 0.717) is 18.8 Å². The number of ether oxygens (including phenoxy) is 1. The van der Waals surface area contributed by atoms with E-state index in [1.165, 1.54) is 0 Å². The van der Waals surface area contributed by atoms with Gasteiger partial charge in [0.25, 0.3) is 5.91 Å². The van der Waals surface area contributed by atoms with Crippen molar-refractivity contribution < 1.29 is 14.2 Å². The molecule has 0 radical (unpaired) electrons. The van der Waals surface area contributed by atoms with Crippen molar-refractivity contribution in [2.45, 2.75) is 13.5 Å². The van der Waals surface area contributed by atoms with E-state index >= 15 is 0 Å². The zero-order chi connectivity index (χ0) is 20.9. The van der Waals surface area contributed by atoms with Gasteiger partial charge in [-0.15, -0.1) is 0 Å². The number of aromatic nitrogens is 5. The molecule has 1 aromatic carbocycles. The maximum absolute atomic E-state index is 12.2. The Morgan fingerprint density at radius 2 is 2.00 bits per heavy atom. The van der Waals surface area contributed by atoms with Crippen LogP contribution < -0.4 is 10.1 Å². The normalized spacial score (nSPS) is 10.7. The Bertz CT molecular complexity index is 1140. The molecular formula is C21H20N6O3. The minimum atomic E-state index is -0.334. The van der Waals surface area contributed by atoms with Crippen LogP contribution in [0.1, 0.15) is 16.2 Å². The maximum Gasteiger partial charge on any atom is 0.275 e. The Kier molecular flexibility index (Phi) is 5.51. The molecule has 1 amide bonds. The molecule has 0 unspecified atom stereocenters. The summed E-state index contributed by atoms with van der Waals surface area (Å²) in [6.45, 7) is 2.50. The number of nitrogens with one attached hydrogen (secondary N) is 1. The van der Waals surface area contributed by atoms with Crippen LogP contribution in [-0.2, 0) is 6.54 Å². The number of amides is 1. The first-order chi connectivity index (χ1) is 14.7. The Hall–Kier alpha value is -4.01. The second-order valence-electron chi connectivity index (χ2n) is 6.56. The molecule has 0 bridgehead atoms. The van der Waals surface area contributed by atoms with Gasteiger partial charge in [0, 0.05) is 30.1 Å². The van der Waals surface area contributed by atoms with E-state index < -0.39 is 0 Å². The maximum atomic E-state index is 12.2. The van der Waals surface area contributed by atoms with Crippen molar-refractivity contribution in [1.82, 2.24) is 30.4 Å². The number of rotatable bonds is 7. The first-order valence-electron chi connectivity index (χ1n) is 9.35. The predicted octanol–water partition coefficient (Wildman–Crippen LogP) is 2.74. The van der Waals surface area contributed by atoms with Crippen LogP contribution in [0.5, 0.6) is 5.75 Å². The summed E-state index contributed by atoms with van der Waals surface area (Å²) in [7, 11) is 1.63. The van der Waals surface area contributed by atoms with Gasteiger partial charge in [-0.05, 0) is 54.5 Å². The number of benzene rings is 1. The van der Waals surface area contributed by atoms with Gasteiger partial charge in [-0.1, -0.05) is 5.16 Å². The van der Waals surface area contributed by atoms with Crippen molar-refractivity contribution in [3.63, 3.8) is 0 Å². The van der Waals surface area contributed by atoms with E-state index in [1.807, 2.05) is 47.1 Å². The molecule has 0 aliphatic rings. The van der Waals surface area contributed by atoms with Gasteiger partial charge < -0.3 is 10.1 Å².